The molecule has 0 saturated heterocycles. The number of aromatic nitrogens is 3. The maximum atomic E-state index is 9.66. The first kappa shape index (κ1) is 19.4. The van der Waals surface area contributed by atoms with E-state index >= 15 is 0 Å². The van der Waals surface area contributed by atoms with Crippen LogP contribution in [0, 0.1) is 11.3 Å². The van der Waals surface area contributed by atoms with Crippen molar-refractivity contribution in [2.24, 2.45) is 5.73 Å². The normalized spacial score (nSPS) is 14.9. The molecule has 7 heteroatoms. The fourth-order valence-corrected chi connectivity index (χ4v) is 3.74. The summed E-state index contributed by atoms with van der Waals surface area (Å²) in [5.41, 5.74) is 9.94. The molecule has 0 amide bonds. The number of nitrogens with zero attached hydrogens (tertiary/aromatic N) is 4. The highest BCUT2D eigenvalue weighted by atomic mass is 16.5. The number of nitrogens with two attached hydrogens (primary N) is 1. The molecule has 1 aromatic heterocycles. The van der Waals surface area contributed by atoms with Crippen molar-refractivity contribution >= 4 is 0 Å². The molecule has 7 nitrogen and oxygen atoms in total. The number of nitriles is 1. The van der Waals surface area contributed by atoms with E-state index in [1.807, 2.05) is 79.0 Å². The van der Waals surface area contributed by atoms with Gasteiger partial charge in [-0.2, -0.15) is 5.26 Å². The van der Waals surface area contributed by atoms with Gasteiger partial charge in [-0.15, -0.1) is 5.10 Å². The van der Waals surface area contributed by atoms with Crippen LogP contribution >= 0.6 is 0 Å². The van der Waals surface area contributed by atoms with Crippen LogP contribution in [-0.2, 0) is 6.61 Å². The van der Waals surface area contributed by atoms with Gasteiger partial charge in [0, 0.05) is 11.6 Å². The van der Waals surface area contributed by atoms with Crippen LogP contribution < -0.4 is 15.2 Å². The van der Waals surface area contributed by atoms with Crippen molar-refractivity contribution in [1.29, 1.82) is 5.26 Å². The molecule has 1 aliphatic heterocycles. The Labute approximate surface area is 184 Å². The van der Waals surface area contributed by atoms with E-state index in [2.05, 4.69) is 16.4 Å². The van der Waals surface area contributed by atoms with Gasteiger partial charge < -0.3 is 15.2 Å². The van der Waals surface area contributed by atoms with Crippen LogP contribution in [-0.4, -0.2) is 15.0 Å². The third kappa shape index (κ3) is 3.66. The van der Waals surface area contributed by atoms with E-state index in [0.29, 0.717) is 22.8 Å². The molecule has 156 valence electrons. The van der Waals surface area contributed by atoms with Gasteiger partial charge in [0.05, 0.1) is 17.8 Å². The largest absolute Gasteiger partial charge is 0.487 e. The number of ether oxygens (including phenoxy) is 2. The molecule has 0 aliphatic carbocycles. The molecule has 1 unspecified atom stereocenters. The summed E-state index contributed by atoms with van der Waals surface area (Å²) in [5.74, 6) is 1.00. The monoisotopic (exact) mass is 421 g/mol. The van der Waals surface area contributed by atoms with E-state index in [-0.39, 0.29) is 18.4 Å². The van der Waals surface area contributed by atoms with Gasteiger partial charge in [-0.1, -0.05) is 59.8 Å². The third-order valence-corrected chi connectivity index (χ3v) is 5.27. The highest BCUT2D eigenvalue weighted by Crippen LogP contribution is 2.43. The zero-order valence-corrected chi connectivity index (χ0v) is 17.1. The third-order valence-electron chi connectivity index (χ3n) is 5.27. The number of hydrogen-bond donors (Lipinski definition) is 1. The Morgan fingerprint density at radius 3 is 2.53 bits per heavy atom. The van der Waals surface area contributed by atoms with Crippen molar-refractivity contribution in [3.8, 4) is 23.3 Å². The van der Waals surface area contributed by atoms with Crippen LogP contribution in [0.2, 0.25) is 0 Å². The van der Waals surface area contributed by atoms with Crippen molar-refractivity contribution in [2.75, 3.05) is 0 Å². The number of para-hydroxylation sites is 1. The van der Waals surface area contributed by atoms with E-state index in [4.69, 9.17) is 15.2 Å². The average molecular weight is 421 g/mol. The maximum Gasteiger partial charge on any atom is 0.205 e. The van der Waals surface area contributed by atoms with Crippen LogP contribution in [0.15, 0.2) is 96.5 Å². The van der Waals surface area contributed by atoms with Gasteiger partial charge in [0.25, 0.3) is 0 Å². The smallest absolute Gasteiger partial charge is 0.205 e. The fourth-order valence-electron chi connectivity index (χ4n) is 3.74. The van der Waals surface area contributed by atoms with Crippen LogP contribution in [0.25, 0.3) is 5.69 Å². The second kappa shape index (κ2) is 8.28. The minimum absolute atomic E-state index is 0.108. The van der Waals surface area contributed by atoms with Crippen molar-refractivity contribution in [3.05, 3.63) is 113 Å². The van der Waals surface area contributed by atoms with Crippen LogP contribution in [0.5, 0.6) is 11.5 Å². The first-order valence-corrected chi connectivity index (χ1v) is 10.1. The SMILES string of the molecule is N#CC1=C(N)Oc2cc(OCc3cn(-c4ccccc4)nn3)ccc2C1c1ccccc1. The molecular formula is C25H19N5O2. The molecule has 1 aliphatic rings. The molecule has 4 aromatic rings. The van der Waals surface area contributed by atoms with Gasteiger partial charge in [-0.05, 0) is 23.8 Å². The standard InChI is InChI=1S/C25H19N5O2/c26-14-22-24(17-7-3-1-4-8-17)21-12-11-20(13-23(21)32-25(22)27)31-16-18-15-30(29-28-18)19-9-5-2-6-10-19/h1-13,15,24H,16,27H2. The predicted octanol–water partition coefficient (Wildman–Crippen LogP) is 4.06. The zero-order chi connectivity index (χ0) is 21.9. The molecule has 0 radical (unpaired) electrons. The number of rotatable bonds is 5. The van der Waals surface area contributed by atoms with E-state index in [9.17, 15) is 5.26 Å². The highest BCUT2D eigenvalue weighted by molar-refractivity contribution is 5.57. The Morgan fingerprint density at radius 2 is 1.78 bits per heavy atom. The lowest BCUT2D eigenvalue weighted by Crippen LogP contribution is -2.21. The Kier molecular flexibility index (Phi) is 5.02. The van der Waals surface area contributed by atoms with Crippen LogP contribution in [0.4, 0.5) is 0 Å². The Balaban J connectivity index is 1.38. The minimum atomic E-state index is -0.287. The van der Waals surface area contributed by atoms with Crippen molar-refractivity contribution in [3.63, 3.8) is 0 Å². The molecule has 5 rings (SSSR count). The lowest BCUT2D eigenvalue weighted by molar-refractivity contribution is 0.298. The Bertz CT molecular complexity index is 1320. The molecule has 2 N–H and O–H groups in total. The van der Waals surface area contributed by atoms with Gasteiger partial charge in [0.1, 0.15) is 35.4 Å². The Morgan fingerprint density at radius 1 is 1.03 bits per heavy atom. The van der Waals surface area contributed by atoms with Gasteiger partial charge in [0.2, 0.25) is 5.88 Å². The summed E-state index contributed by atoms with van der Waals surface area (Å²) < 4.78 is 13.4. The number of allylic oxidation sites excluding steroid dienone is 1. The predicted molar refractivity (Wildman–Crippen MR) is 118 cm³/mol. The fraction of sp³-hybridized carbons (Fsp3) is 0.0800. The lowest BCUT2D eigenvalue weighted by Gasteiger charge is -2.26. The Hall–Kier alpha value is -4.57. The summed E-state index contributed by atoms with van der Waals surface area (Å²) in [6.07, 6.45) is 1.83. The first-order chi connectivity index (χ1) is 15.7. The maximum absolute atomic E-state index is 9.66. The molecule has 0 fully saturated rings. The minimum Gasteiger partial charge on any atom is -0.487 e. The topological polar surface area (TPSA) is 99.0 Å². The molecule has 32 heavy (non-hydrogen) atoms. The molecule has 1 atom stereocenters. The molecule has 0 saturated carbocycles. The van der Waals surface area contributed by atoms with E-state index in [1.54, 1.807) is 10.7 Å². The second-order valence-electron chi connectivity index (χ2n) is 7.31. The van der Waals surface area contributed by atoms with Crippen molar-refractivity contribution in [1.82, 2.24) is 15.0 Å². The summed E-state index contributed by atoms with van der Waals surface area (Å²) in [4.78, 5) is 0. The highest BCUT2D eigenvalue weighted by Gasteiger charge is 2.30. The van der Waals surface area contributed by atoms with E-state index in [0.717, 1.165) is 16.8 Å². The van der Waals surface area contributed by atoms with Gasteiger partial charge in [-0.25, -0.2) is 4.68 Å². The molecule has 3 aromatic carbocycles. The average Bonchev–Trinajstić information content (AvgIpc) is 3.32. The van der Waals surface area contributed by atoms with E-state index < -0.39 is 0 Å². The van der Waals surface area contributed by atoms with Gasteiger partial charge >= 0.3 is 0 Å². The van der Waals surface area contributed by atoms with Gasteiger partial charge in [0.15, 0.2) is 0 Å². The summed E-state index contributed by atoms with van der Waals surface area (Å²) in [6.45, 7) is 0.252. The summed E-state index contributed by atoms with van der Waals surface area (Å²) >= 11 is 0. The zero-order valence-electron chi connectivity index (χ0n) is 17.1. The van der Waals surface area contributed by atoms with Crippen molar-refractivity contribution < 1.29 is 9.47 Å². The molecular weight excluding hydrogens is 402 g/mol. The number of fused-ring (bicyclic) bond motifs is 1. The summed E-state index contributed by atoms with van der Waals surface area (Å²) in [5, 5.41) is 18.0. The lowest BCUT2D eigenvalue weighted by atomic mass is 9.83. The molecule has 2 heterocycles. The summed E-state index contributed by atoms with van der Waals surface area (Å²) in [7, 11) is 0. The first-order valence-electron chi connectivity index (χ1n) is 10.1. The van der Waals surface area contributed by atoms with Gasteiger partial charge in [-0.3, -0.25) is 0 Å². The van der Waals surface area contributed by atoms with Crippen molar-refractivity contribution in [2.45, 2.75) is 12.5 Å². The van der Waals surface area contributed by atoms with Crippen LogP contribution in [0.1, 0.15) is 22.7 Å². The number of benzene rings is 3. The number of hydrogen-bond acceptors (Lipinski definition) is 6. The molecule has 0 spiro atoms. The quantitative estimate of drug-likeness (QED) is 0.522. The van der Waals surface area contributed by atoms with E-state index in [1.165, 1.54) is 0 Å². The van der Waals surface area contributed by atoms with Crippen LogP contribution in [0.3, 0.4) is 0 Å². The summed E-state index contributed by atoms with van der Waals surface area (Å²) in [6, 6.07) is 27.3. The second-order valence-corrected chi connectivity index (χ2v) is 7.31. The molecule has 0 bridgehead atoms.